The first-order valence-electron chi connectivity index (χ1n) is 6.56. The highest BCUT2D eigenvalue weighted by atomic mass is 32.1. The van der Waals surface area contributed by atoms with Crippen molar-refractivity contribution >= 4 is 22.9 Å². The molecule has 0 saturated heterocycles. The van der Waals surface area contributed by atoms with Gasteiger partial charge in [-0.15, -0.1) is 11.3 Å². The van der Waals surface area contributed by atoms with Crippen molar-refractivity contribution in [2.75, 3.05) is 5.32 Å². The SMILES string of the molecule is NCc1ccc(NC(=O)c2cn[nH]c2-c2cccs2)cc1F. The second kappa shape index (κ2) is 6.08. The predicted octanol–water partition coefficient (Wildman–Crippen LogP) is 2.99. The van der Waals surface area contributed by atoms with Crippen molar-refractivity contribution in [1.29, 1.82) is 0 Å². The summed E-state index contributed by atoms with van der Waals surface area (Å²) in [5.41, 5.74) is 7.24. The van der Waals surface area contributed by atoms with Gasteiger partial charge in [-0.3, -0.25) is 9.89 Å². The Labute approximate surface area is 130 Å². The molecule has 112 valence electrons. The van der Waals surface area contributed by atoms with Gasteiger partial charge in [-0.2, -0.15) is 5.10 Å². The average Bonchev–Trinajstić information content (AvgIpc) is 3.18. The van der Waals surface area contributed by atoms with Crippen LogP contribution in [0.4, 0.5) is 10.1 Å². The minimum Gasteiger partial charge on any atom is -0.326 e. The van der Waals surface area contributed by atoms with Gasteiger partial charge in [0.05, 0.1) is 22.3 Å². The summed E-state index contributed by atoms with van der Waals surface area (Å²) in [7, 11) is 0. The third-order valence-corrected chi connectivity index (χ3v) is 4.07. The zero-order chi connectivity index (χ0) is 15.5. The van der Waals surface area contributed by atoms with E-state index in [9.17, 15) is 9.18 Å². The number of aromatic nitrogens is 2. The van der Waals surface area contributed by atoms with Gasteiger partial charge in [0.2, 0.25) is 0 Å². The van der Waals surface area contributed by atoms with E-state index in [1.54, 1.807) is 12.1 Å². The van der Waals surface area contributed by atoms with Gasteiger partial charge >= 0.3 is 0 Å². The lowest BCUT2D eigenvalue weighted by atomic mass is 10.1. The number of nitrogens with zero attached hydrogens (tertiary/aromatic N) is 1. The van der Waals surface area contributed by atoms with E-state index in [2.05, 4.69) is 15.5 Å². The molecule has 5 nitrogen and oxygen atoms in total. The summed E-state index contributed by atoms with van der Waals surface area (Å²) < 4.78 is 13.7. The van der Waals surface area contributed by atoms with Gasteiger partial charge in [0.15, 0.2) is 0 Å². The Morgan fingerprint density at radius 3 is 2.95 bits per heavy atom. The van der Waals surface area contributed by atoms with Crippen LogP contribution in [0.25, 0.3) is 10.6 Å². The summed E-state index contributed by atoms with van der Waals surface area (Å²) in [6.45, 7) is 0.115. The lowest BCUT2D eigenvalue weighted by Crippen LogP contribution is -2.12. The summed E-state index contributed by atoms with van der Waals surface area (Å²) in [6, 6.07) is 8.22. The molecule has 2 aromatic heterocycles. The van der Waals surface area contributed by atoms with Crippen molar-refractivity contribution in [2.24, 2.45) is 5.73 Å². The molecule has 22 heavy (non-hydrogen) atoms. The molecule has 0 spiro atoms. The Morgan fingerprint density at radius 2 is 2.27 bits per heavy atom. The topological polar surface area (TPSA) is 83.8 Å². The number of hydrogen-bond donors (Lipinski definition) is 3. The molecule has 7 heteroatoms. The van der Waals surface area contributed by atoms with E-state index in [1.165, 1.54) is 23.6 Å². The first-order chi connectivity index (χ1) is 10.7. The van der Waals surface area contributed by atoms with E-state index in [0.717, 1.165) is 4.88 Å². The maximum Gasteiger partial charge on any atom is 0.259 e. The van der Waals surface area contributed by atoms with Gasteiger partial charge in [-0.1, -0.05) is 12.1 Å². The standard InChI is InChI=1S/C15H13FN4OS/c16-12-6-10(4-3-9(12)7-17)19-15(21)11-8-18-20-14(11)13-2-1-5-22-13/h1-6,8H,7,17H2,(H,18,20)(H,19,21). The number of benzene rings is 1. The molecule has 0 fully saturated rings. The minimum atomic E-state index is -0.439. The number of thiophene rings is 1. The van der Waals surface area contributed by atoms with Gasteiger partial charge in [0.1, 0.15) is 5.82 Å². The summed E-state index contributed by atoms with van der Waals surface area (Å²) in [6.07, 6.45) is 1.45. The molecule has 0 aliphatic carbocycles. The smallest absolute Gasteiger partial charge is 0.259 e. The molecule has 3 aromatic rings. The average molecular weight is 316 g/mol. The molecule has 0 aliphatic heterocycles. The molecule has 1 aromatic carbocycles. The van der Waals surface area contributed by atoms with Crippen molar-refractivity contribution in [3.8, 4) is 10.6 Å². The molecule has 0 unspecified atom stereocenters. The van der Waals surface area contributed by atoms with Gasteiger partial charge in [-0.25, -0.2) is 4.39 Å². The number of hydrogen-bond acceptors (Lipinski definition) is 4. The van der Waals surface area contributed by atoms with Crippen molar-refractivity contribution in [3.63, 3.8) is 0 Å². The number of H-pyrrole nitrogens is 1. The first-order valence-corrected chi connectivity index (χ1v) is 7.44. The summed E-state index contributed by atoms with van der Waals surface area (Å²) in [4.78, 5) is 13.3. The number of anilines is 1. The molecule has 2 heterocycles. The minimum absolute atomic E-state index is 0.115. The largest absolute Gasteiger partial charge is 0.326 e. The van der Waals surface area contributed by atoms with E-state index in [1.807, 2.05) is 17.5 Å². The fourth-order valence-electron chi connectivity index (χ4n) is 2.06. The van der Waals surface area contributed by atoms with Gasteiger partial charge in [0.25, 0.3) is 5.91 Å². The van der Waals surface area contributed by atoms with Crippen LogP contribution in [-0.4, -0.2) is 16.1 Å². The molecule has 0 radical (unpaired) electrons. The highest BCUT2D eigenvalue weighted by Crippen LogP contribution is 2.26. The Balaban J connectivity index is 1.84. The fraction of sp³-hybridized carbons (Fsp3) is 0.0667. The van der Waals surface area contributed by atoms with Crippen LogP contribution in [0.3, 0.4) is 0 Å². The maximum atomic E-state index is 13.7. The molecular formula is C15H13FN4OS. The lowest BCUT2D eigenvalue weighted by Gasteiger charge is -2.07. The second-order valence-corrected chi connectivity index (χ2v) is 5.55. The number of carbonyl (C=O) groups excluding carboxylic acids is 1. The maximum absolute atomic E-state index is 13.7. The zero-order valence-electron chi connectivity index (χ0n) is 11.5. The highest BCUT2D eigenvalue weighted by Gasteiger charge is 2.16. The first kappa shape index (κ1) is 14.4. The van der Waals surface area contributed by atoms with E-state index < -0.39 is 5.82 Å². The third kappa shape index (κ3) is 2.76. The summed E-state index contributed by atoms with van der Waals surface area (Å²) >= 11 is 1.50. The number of nitrogens with two attached hydrogens (primary N) is 1. The molecule has 0 saturated carbocycles. The highest BCUT2D eigenvalue weighted by molar-refractivity contribution is 7.13. The Morgan fingerprint density at radius 1 is 1.41 bits per heavy atom. The molecular weight excluding hydrogens is 303 g/mol. The molecule has 0 atom stereocenters. The number of nitrogens with one attached hydrogen (secondary N) is 2. The van der Waals surface area contributed by atoms with Crippen molar-refractivity contribution in [3.05, 3.63) is 58.9 Å². The van der Waals surface area contributed by atoms with Crippen molar-refractivity contribution < 1.29 is 9.18 Å². The van der Waals surface area contributed by atoms with Crippen LogP contribution in [0.5, 0.6) is 0 Å². The summed E-state index contributed by atoms with van der Waals surface area (Å²) in [5.74, 6) is -0.789. The normalized spacial score (nSPS) is 10.6. The molecule has 4 N–H and O–H groups in total. The number of carbonyl (C=O) groups is 1. The Kier molecular flexibility index (Phi) is 3.99. The molecule has 0 aliphatic rings. The van der Waals surface area contributed by atoms with E-state index >= 15 is 0 Å². The Bertz CT molecular complexity index is 798. The van der Waals surface area contributed by atoms with Crippen LogP contribution < -0.4 is 11.1 Å². The third-order valence-electron chi connectivity index (χ3n) is 3.18. The van der Waals surface area contributed by atoms with Crippen LogP contribution in [0.1, 0.15) is 15.9 Å². The van der Waals surface area contributed by atoms with E-state index in [4.69, 9.17) is 5.73 Å². The van der Waals surface area contributed by atoms with Gasteiger partial charge < -0.3 is 11.1 Å². The molecule has 3 rings (SSSR count). The fourth-order valence-corrected chi connectivity index (χ4v) is 2.79. The van der Waals surface area contributed by atoms with Crippen molar-refractivity contribution in [2.45, 2.75) is 6.54 Å². The predicted molar refractivity (Wildman–Crippen MR) is 84.1 cm³/mol. The van der Waals surface area contributed by atoms with Crippen LogP contribution in [0.15, 0.2) is 41.9 Å². The van der Waals surface area contributed by atoms with Crippen molar-refractivity contribution in [1.82, 2.24) is 10.2 Å². The van der Waals surface area contributed by atoms with Crippen LogP contribution in [0, 0.1) is 5.82 Å². The van der Waals surface area contributed by atoms with Gasteiger partial charge in [-0.05, 0) is 23.6 Å². The second-order valence-electron chi connectivity index (χ2n) is 4.60. The molecule has 0 bridgehead atoms. The van der Waals surface area contributed by atoms with Crippen LogP contribution >= 0.6 is 11.3 Å². The zero-order valence-corrected chi connectivity index (χ0v) is 12.3. The van der Waals surface area contributed by atoms with E-state index in [-0.39, 0.29) is 12.5 Å². The van der Waals surface area contributed by atoms with Crippen LogP contribution in [-0.2, 0) is 6.54 Å². The summed E-state index contributed by atoms with van der Waals surface area (Å²) in [5, 5.41) is 11.3. The number of aromatic amines is 1. The Hall–Kier alpha value is -2.51. The quantitative estimate of drug-likeness (QED) is 0.692. The number of rotatable bonds is 4. The molecule has 1 amide bonds. The number of halogens is 1. The number of amides is 1. The lowest BCUT2D eigenvalue weighted by molar-refractivity contribution is 0.102. The van der Waals surface area contributed by atoms with E-state index in [0.29, 0.717) is 22.5 Å². The van der Waals surface area contributed by atoms with Gasteiger partial charge in [0, 0.05) is 17.8 Å². The van der Waals surface area contributed by atoms with Crippen LogP contribution in [0.2, 0.25) is 0 Å². The monoisotopic (exact) mass is 316 g/mol.